The minimum atomic E-state index is 0. The van der Waals surface area contributed by atoms with Crippen LogP contribution in [0.4, 0.5) is 0 Å². The van der Waals surface area contributed by atoms with Gasteiger partial charge in [-0.05, 0) is 13.3 Å². The van der Waals surface area contributed by atoms with Gasteiger partial charge in [-0.3, -0.25) is 4.99 Å². The van der Waals surface area contributed by atoms with Crippen molar-refractivity contribution in [1.82, 2.24) is 15.2 Å². The van der Waals surface area contributed by atoms with Gasteiger partial charge in [0, 0.05) is 36.7 Å². The number of oxazole rings is 1. The van der Waals surface area contributed by atoms with Crippen molar-refractivity contribution in [3.05, 3.63) is 41.9 Å². The number of hydrogen-bond donors (Lipinski definition) is 1. The highest BCUT2D eigenvalue weighted by Gasteiger charge is 2.21. The first kappa shape index (κ1) is 21.1. The number of aliphatic imine (C=N–C) groups is 1. The number of hydrogen-bond acceptors (Lipinski definition) is 4. The van der Waals surface area contributed by atoms with E-state index in [-0.39, 0.29) is 24.0 Å². The van der Waals surface area contributed by atoms with Crippen molar-refractivity contribution in [2.75, 3.05) is 25.9 Å². The van der Waals surface area contributed by atoms with Gasteiger partial charge < -0.3 is 14.6 Å². The zero-order chi connectivity index (χ0) is 17.6. The standard InChI is InChI=1S/C19H26N4OS.HI/c1-4-16-13-23(9-10-25-16)19(20-3)22-12-18-21-11-17(24-18)15-7-5-14(2)6-8-15;/h5-8,11,16H,4,9-10,12-13H2,1-3H3,(H,20,22);1H. The van der Waals surface area contributed by atoms with Crippen LogP contribution in [0, 0.1) is 6.92 Å². The zero-order valence-corrected chi connectivity index (χ0v) is 18.7. The molecule has 5 nitrogen and oxygen atoms in total. The lowest BCUT2D eigenvalue weighted by atomic mass is 10.1. The Hall–Kier alpha value is -1.22. The third-order valence-electron chi connectivity index (χ3n) is 4.39. The van der Waals surface area contributed by atoms with E-state index < -0.39 is 0 Å². The predicted octanol–water partition coefficient (Wildman–Crippen LogP) is 4.17. The van der Waals surface area contributed by atoms with Crippen molar-refractivity contribution in [1.29, 1.82) is 0 Å². The topological polar surface area (TPSA) is 53.7 Å². The van der Waals surface area contributed by atoms with Crippen LogP contribution in [-0.2, 0) is 6.54 Å². The second kappa shape index (κ2) is 10.2. The summed E-state index contributed by atoms with van der Waals surface area (Å²) in [4.78, 5) is 11.1. The number of halogens is 1. The number of guanidine groups is 1. The van der Waals surface area contributed by atoms with Crippen LogP contribution in [-0.4, -0.2) is 47.0 Å². The number of nitrogens with one attached hydrogen (secondary N) is 1. The van der Waals surface area contributed by atoms with Crippen LogP contribution >= 0.6 is 35.7 Å². The summed E-state index contributed by atoms with van der Waals surface area (Å²) in [6.07, 6.45) is 2.98. The Labute approximate surface area is 177 Å². The first-order valence-electron chi connectivity index (χ1n) is 8.78. The van der Waals surface area contributed by atoms with E-state index in [1.165, 1.54) is 12.0 Å². The van der Waals surface area contributed by atoms with E-state index in [1.54, 1.807) is 6.20 Å². The van der Waals surface area contributed by atoms with E-state index in [1.807, 2.05) is 7.05 Å². The number of thioether (sulfide) groups is 1. The molecule has 1 aromatic heterocycles. The molecule has 2 aromatic rings. The largest absolute Gasteiger partial charge is 0.439 e. The van der Waals surface area contributed by atoms with Gasteiger partial charge in [-0.25, -0.2) is 4.98 Å². The molecule has 0 saturated carbocycles. The van der Waals surface area contributed by atoms with E-state index in [0.29, 0.717) is 17.7 Å². The summed E-state index contributed by atoms with van der Waals surface area (Å²) < 4.78 is 5.88. The molecule has 1 N–H and O–H groups in total. The van der Waals surface area contributed by atoms with E-state index >= 15 is 0 Å². The minimum absolute atomic E-state index is 0. The molecule has 142 valence electrons. The van der Waals surface area contributed by atoms with Crippen molar-refractivity contribution >= 4 is 41.7 Å². The lowest BCUT2D eigenvalue weighted by Crippen LogP contribution is -2.47. The van der Waals surface area contributed by atoms with Crippen LogP contribution < -0.4 is 5.32 Å². The summed E-state index contributed by atoms with van der Waals surface area (Å²) in [5, 5.41) is 4.07. The van der Waals surface area contributed by atoms with E-state index in [4.69, 9.17) is 4.42 Å². The number of benzene rings is 1. The Balaban J connectivity index is 0.00000243. The Morgan fingerprint density at radius 3 is 2.85 bits per heavy atom. The van der Waals surface area contributed by atoms with E-state index in [0.717, 1.165) is 36.1 Å². The molecule has 2 heterocycles. The number of aromatic nitrogens is 1. The predicted molar refractivity (Wildman–Crippen MR) is 120 cm³/mol. The molecule has 0 spiro atoms. The van der Waals surface area contributed by atoms with Crippen LogP contribution in [0.1, 0.15) is 24.8 Å². The maximum atomic E-state index is 5.88. The molecule has 1 aliphatic heterocycles. The smallest absolute Gasteiger partial charge is 0.214 e. The molecule has 1 atom stereocenters. The van der Waals surface area contributed by atoms with Crippen molar-refractivity contribution in [2.45, 2.75) is 32.1 Å². The molecule has 1 aromatic carbocycles. The quantitative estimate of drug-likeness (QED) is 0.400. The Morgan fingerprint density at radius 1 is 1.38 bits per heavy atom. The number of aryl methyl sites for hydroxylation is 1. The first-order valence-corrected chi connectivity index (χ1v) is 9.83. The Kier molecular flexibility index (Phi) is 8.27. The minimum Gasteiger partial charge on any atom is -0.439 e. The van der Waals surface area contributed by atoms with Gasteiger partial charge in [0.1, 0.15) is 0 Å². The van der Waals surface area contributed by atoms with Gasteiger partial charge in [-0.15, -0.1) is 24.0 Å². The average molecular weight is 486 g/mol. The highest BCUT2D eigenvalue weighted by molar-refractivity contribution is 14.0. The molecule has 0 amide bonds. The Bertz CT molecular complexity index is 717. The number of rotatable bonds is 4. The molecule has 1 fully saturated rings. The van der Waals surface area contributed by atoms with Crippen molar-refractivity contribution in [3.8, 4) is 11.3 Å². The van der Waals surface area contributed by atoms with Gasteiger partial charge in [-0.1, -0.05) is 36.8 Å². The second-order valence-electron chi connectivity index (χ2n) is 6.23. The van der Waals surface area contributed by atoms with Gasteiger partial charge in [0.2, 0.25) is 5.89 Å². The van der Waals surface area contributed by atoms with E-state index in [2.05, 4.69) is 70.1 Å². The van der Waals surface area contributed by atoms with Crippen LogP contribution in [0.5, 0.6) is 0 Å². The normalized spacial score (nSPS) is 17.7. The molecule has 7 heteroatoms. The monoisotopic (exact) mass is 486 g/mol. The molecule has 26 heavy (non-hydrogen) atoms. The fourth-order valence-corrected chi connectivity index (χ4v) is 4.07. The lowest BCUT2D eigenvalue weighted by Gasteiger charge is -2.34. The maximum absolute atomic E-state index is 5.88. The SMILES string of the molecule is CCC1CN(C(=NC)NCc2ncc(-c3ccc(C)cc3)o2)CCS1.I. The molecule has 1 aliphatic rings. The summed E-state index contributed by atoms with van der Waals surface area (Å²) >= 11 is 2.06. The van der Waals surface area contributed by atoms with Gasteiger partial charge in [0.15, 0.2) is 11.7 Å². The van der Waals surface area contributed by atoms with Crippen LogP contribution in [0.25, 0.3) is 11.3 Å². The van der Waals surface area contributed by atoms with Crippen molar-refractivity contribution in [3.63, 3.8) is 0 Å². The summed E-state index contributed by atoms with van der Waals surface area (Å²) in [5.41, 5.74) is 2.28. The Morgan fingerprint density at radius 2 is 2.15 bits per heavy atom. The van der Waals surface area contributed by atoms with Gasteiger partial charge in [0.05, 0.1) is 12.7 Å². The van der Waals surface area contributed by atoms with Crippen LogP contribution in [0.3, 0.4) is 0 Å². The third kappa shape index (κ3) is 5.39. The molecule has 1 unspecified atom stereocenters. The lowest BCUT2D eigenvalue weighted by molar-refractivity contribution is 0.402. The molecular weight excluding hydrogens is 459 g/mol. The van der Waals surface area contributed by atoms with Gasteiger partial charge in [0.25, 0.3) is 0 Å². The molecule has 0 bridgehead atoms. The molecule has 3 rings (SSSR count). The maximum Gasteiger partial charge on any atom is 0.214 e. The fraction of sp³-hybridized carbons (Fsp3) is 0.474. The third-order valence-corrected chi connectivity index (χ3v) is 5.76. The second-order valence-corrected chi connectivity index (χ2v) is 7.64. The van der Waals surface area contributed by atoms with Crippen LogP contribution in [0.2, 0.25) is 0 Å². The summed E-state index contributed by atoms with van der Waals surface area (Å²) in [7, 11) is 1.83. The zero-order valence-electron chi connectivity index (χ0n) is 15.6. The van der Waals surface area contributed by atoms with Gasteiger partial charge >= 0.3 is 0 Å². The van der Waals surface area contributed by atoms with Gasteiger partial charge in [-0.2, -0.15) is 11.8 Å². The molecule has 1 saturated heterocycles. The molecular formula is C19H27IN4OS. The first-order chi connectivity index (χ1) is 12.2. The summed E-state index contributed by atoms with van der Waals surface area (Å²) in [6.45, 7) is 6.94. The average Bonchev–Trinajstić information content (AvgIpc) is 3.12. The highest BCUT2D eigenvalue weighted by Crippen LogP contribution is 2.22. The van der Waals surface area contributed by atoms with Crippen LogP contribution in [0.15, 0.2) is 39.9 Å². The highest BCUT2D eigenvalue weighted by atomic mass is 127. The summed E-state index contributed by atoms with van der Waals surface area (Å²) in [5.74, 6) is 3.55. The van der Waals surface area contributed by atoms with Crippen molar-refractivity contribution in [2.24, 2.45) is 4.99 Å². The molecule has 0 radical (unpaired) electrons. The summed E-state index contributed by atoms with van der Waals surface area (Å²) in [6, 6.07) is 8.27. The molecule has 0 aliphatic carbocycles. The van der Waals surface area contributed by atoms with Crippen molar-refractivity contribution < 1.29 is 4.42 Å². The number of nitrogens with zero attached hydrogens (tertiary/aromatic N) is 3. The van der Waals surface area contributed by atoms with E-state index in [9.17, 15) is 0 Å². The fourth-order valence-electron chi connectivity index (χ4n) is 2.89.